The van der Waals surface area contributed by atoms with Gasteiger partial charge >= 0.3 is 19.5 Å². The summed E-state index contributed by atoms with van der Waals surface area (Å²) in [5.41, 5.74) is -0.194. The van der Waals surface area contributed by atoms with Gasteiger partial charge in [0.2, 0.25) is 40.7 Å². The van der Waals surface area contributed by atoms with Gasteiger partial charge in [-0.2, -0.15) is 8.78 Å². The number of rotatable bonds is 11. The van der Waals surface area contributed by atoms with Crippen molar-refractivity contribution in [3.63, 3.8) is 0 Å². The maximum Gasteiger partial charge on any atom is 0.355 e. The first-order valence-corrected chi connectivity index (χ1v) is 16.2. The molecule has 0 spiro atoms. The molecule has 16 heteroatoms. The molecule has 1 unspecified atom stereocenters. The van der Waals surface area contributed by atoms with E-state index < -0.39 is 66.2 Å². The molecule has 1 aliphatic heterocycles. The number of hydrogen-bond donors (Lipinski definition) is 1. The minimum atomic E-state index is -4.59. The Kier molecular flexibility index (Phi) is 10.1. The minimum Gasteiger partial charge on any atom is -0.464 e. The van der Waals surface area contributed by atoms with Crippen LogP contribution in [0.15, 0.2) is 54.6 Å². The van der Waals surface area contributed by atoms with E-state index in [9.17, 15) is 36.1 Å². The summed E-state index contributed by atoms with van der Waals surface area (Å²) in [5.74, 6) is -18.0. The lowest BCUT2D eigenvalue weighted by Gasteiger charge is -2.26. The van der Waals surface area contributed by atoms with Crippen LogP contribution in [0.25, 0.3) is 10.1 Å². The van der Waals surface area contributed by atoms with Crippen LogP contribution in [0, 0.1) is 35.0 Å². The van der Waals surface area contributed by atoms with Gasteiger partial charge in [0.05, 0.1) is 13.2 Å². The van der Waals surface area contributed by atoms with Gasteiger partial charge in [-0.15, -0.1) is 11.3 Å². The highest BCUT2D eigenvalue weighted by atomic mass is 32.1. The van der Waals surface area contributed by atoms with E-state index in [-0.39, 0.29) is 34.1 Å². The second-order valence-electron chi connectivity index (χ2n) is 10.2. The molecule has 1 fully saturated rings. The van der Waals surface area contributed by atoms with Crippen molar-refractivity contribution in [1.29, 1.82) is 0 Å². The fourth-order valence-electron chi connectivity index (χ4n) is 4.46. The largest absolute Gasteiger partial charge is 0.464 e. The molecule has 1 N–H and O–H groups in total. The molecule has 0 saturated carbocycles. The maximum atomic E-state index is 16.2. The molecule has 4 atom stereocenters. The lowest BCUT2D eigenvalue weighted by atomic mass is 10.1. The van der Waals surface area contributed by atoms with Crippen LogP contribution in [-0.2, 0) is 18.8 Å². The summed E-state index contributed by atoms with van der Waals surface area (Å²) >= 11 is 0.719. The van der Waals surface area contributed by atoms with Crippen LogP contribution in [0.5, 0.6) is 11.5 Å². The molecule has 4 aromatic rings. The second-order valence-corrected chi connectivity index (χ2v) is 13.4. The SMILES string of the molecule is C[C@H](NP(=O)(Oc1ccccc1)[C@@H](F)c1ccc2sc(C(=O)Oc3c(F)c(F)c(F)c(F)c3F)cc2c1)C(=O)OC[C@H]1CCOC1. The monoisotopic (exact) mass is 687 g/mol. The number of nitrogens with one attached hydrogen (secondary N) is 1. The van der Waals surface area contributed by atoms with Crippen LogP contribution in [0.3, 0.4) is 0 Å². The first kappa shape index (κ1) is 33.5. The molecule has 0 aliphatic carbocycles. The van der Waals surface area contributed by atoms with Gasteiger partial charge in [-0.1, -0.05) is 24.3 Å². The molecule has 0 radical (unpaired) electrons. The zero-order valence-corrected chi connectivity index (χ0v) is 25.4. The van der Waals surface area contributed by atoms with Crippen molar-refractivity contribution in [2.24, 2.45) is 5.92 Å². The topological polar surface area (TPSA) is 100 Å². The third kappa shape index (κ3) is 7.07. The van der Waals surface area contributed by atoms with Crippen LogP contribution < -0.4 is 14.3 Å². The lowest BCUT2D eigenvalue weighted by Crippen LogP contribution is -2.36. The van der Waals surface area contributed by atoms with Crippen LogP contribution in [0.2, 0.25) is 0 Å². The third-order valence-corrected chi connectivity index (χ3v) is 10.1. The Labute approximate surface area is 261 Å². The molecular formula is C30H24F6NO7PS. The lowest BCUT2D eigenvalue weighted by molar-refractivity contribution is -0.146. The van der Waals surface area contributed by atoms with E-state index in [1.54, 1.807) is 18.2 Å². The molecule has 8 nitrogen and oxygen atoms in total. The van der Waals surface area contributed by atoms with E-state index in [1.807, 2.05) is 0 Å². The highest BCUT2D eigenvalue weighted by Gasteiger charge is 2.41. The quantitative estimate of drug-likeness (QED) is 0.0430. The van der Waals surface area contributed by atoms with Gasteiger partial charge in [0.25, 0.3) is 0 Å². The molecule has 1 saturated heterocycles. The third-order valence-electron chi connectivity index (χ3n) is 6.88. The molecule has 0 bridgehead atoms. The van der Waals surface area contributed by atoms with Gasteiger partial charge in [-0.05, 0) is 54.6 Å². The summed E-state index contributed by atoms with van der Waals surface area (Å²) in [7, 11) is -4.59. The van der Waals surface area contributed by atoms with Crippen molar-refractivity contribution in [2.45, 2.75) is 25.3 Å². The van der Waals surface area contributed by atoms with Crippen molar-refractivity contribution in [2.75, 3.05) is 19.8 Å². The molecule has 3 aromatic carbocycles. The Hall–Kier alpha value is -3.91. The van der Waals surface area contributed by atoms with Crippen LogP contribution in [-0.4, -0.2) is 37.8 Å². The predicted molar refractivity (Wildman–Crippen MR) is 154 cm³/mol. The van der Waals surface area contributed by atoms with E-state index in [0.29, 0.717) is 24.3 Å². The van der Waals surface area contributed by atoms with E-state index in [2.05, 4.69) is 9.82 Å². The predicted octanol–water partition coefficient (Wildman–Crippen LogP) is 7.61. The maximum absolute atomic E-state index is 16.2. The summed E-state index contributed by atoms with van der Waals surface area (Å²) in [6, 6.07) is 11.4. The standard InChI is InChI=1S/C30H24F6NO7PS/c1-15(29(38)42-14-16-9-10-41-13-16)37-45(40,44-19-5-3-2-4-6-19)28(36)17-7-8-20-18(11-17)12-21(46-20)30(39)43-27-25(34)23(32)22(31)24(33)26(27)35/h2-8,11-12,15-16,28H,9-10,13-14H2,1H3,(H,37,40)/t15-,16-,28+,45?/m0/s1. The number of carbonyl (C=O) groups is 2. The number of halogens is 6. The number of hydrogen-bond acceptors (Lipinski definition) is 8. The van der Waals surface area contributed by atoms with Crippen molar-refractivity contribution in [3.8, 4) is 11.5 Å². The molecule has 5 rings (SSSR count). The Balaban J connectivity index is 1.38. The molecule has 1 aromatic heterocycles. The number of para-hydroxylation sites is 1. The molecule has 244 valence electrons. The number of alkyl halides is 1. The van der Waals surface area contributed by atoms with Crippen LogP contribution in [0.1, 0.15) is 34.5 Å². The van der Waals surface area contributed by atoms with Gasteiger partial charge in [0.15, 0.2) is 0 Å². The zero-order chi connectivity index (χ0) is 33.2. The Morgan fingerprint density at radius 2 is 1.67 bits per heavy atom. The Morgan fingerprint density at radius 1 is 1.00 bits per heavy atom. The average molecular weight is 688 g/mol. The number of thiophene rings is 1. The fraction of sp³-hybridized carbons (Fsp3) is 0.267. The summed E-state index contributed by atoms with van der Waals surface area (Å²) < 4.78 is 120. The fourth-order valence-corrected chi connectivity index (χ4v) is 7.29. The van der Waals surface area contributed by atoms with Crippen molar-refractivity contribution in [1.82, 2.24) is 5.09 Å². The average Bonchev–Trinajstić information content (AvgIpc) is 3.73. The van der Waals surface area contributed by atoms with Gasteiger partial charge in [-0.25, -0.2) is 27.4 Å². The number of esters is 2. The molecule has 0 amide bonds. The second kappa shape index (κ2) is 13.8. The van der Waals surface area contributed by atoms with E-state index >= 15 is 4.39 Å². The first-order valence-electron chi connectivity index (χ1n) is 13.7. The van der Waals surface area contributed by atoms with Crippen molar-refractivity contribution >= 4 is 40.9 Å². The number of benzene rings is 3. The smallest absolute Gasteiger partial charge is 0.355 e. The van der Waals surface area contributed by atoms with Crippen molar-refractivity contribution < 1.29 is 59.2 Å². The molecule has 2 heterocycles. The number of fused-ring (bicyclic) bond motifs is 1. The van der Waals surface area contributed by atoms with Crippen LogP contribution in [0.4, 0.5) is 26.3 Å². The van der Waals surface area contributed by atoms with Crippen LogP contribution >= 0.6 is 18.9 Å². The number of ether oxygens (including phenoxy) is 3. The number of carbonyl (C=O) groups excluding carboxylic acids is 2. The van der Waals surface area contributed by atoms with Gasteiger partial charge < -0.3 is 18.7 Å². The van der Waals surface area contributed by atoms with E-state index in [4.69, 9.17) is 14.0 Å². The summed E-state index contributed by atoms with van der Waals surface area (Å²) in [4.78, 5) is 25.0. The highest BCUT2D eigenvalue weighted by molar-refractivity contribution is 7.57. The zero-order valence-electron chi connectivity index (χ0n) is 23.7. The summed E-state index contributed by atoms with van der Waals surface area (Å²) in [5, 5.41) is 2.65. The molecular weight excluding hydrogens is 663 g/mol. The molecule has 1 aliphatic rings. The van der Waals surface area contributed by atoms with E-state index in [1.165, 1.54) is 37.3 Å². The minimum absolute atomic E-state index is 0.00743. The normalized spacial score (nSPS) is 17.3. The van der Waals surface area contributed by atoms with Crippen molar-refractivity contribution in [3.05, 3.63) is 94.1 Å². The summed E-state index contributed by atoms with van der Waals surface area (Å²) in [6.45, 7) is 2.38. The van der Waals surface area contributed by atoms with Gasteiger partial charge in [-0.3, -0.25) is 9.36 Å². The first-order chi connectivity index (χ1) is 21.9. The van der Waals surface area contributed by atoms with Gasteiger partial charge in [0, 0.05) is 17.2 Å². The molecule has 46 heavy (non-hydrogen) atoms. The van der Waals surface area contributed by atoms with Gasteiger partial charge in [0.1, 0.15) is 16.7 Å². The highest BCUT2D eigenvalue weighted by Crippen LogP contribution is 2.58. The Morgan fingerprint density at radius 3 is 2.33 bits per heavy atom. The Bertz CT molecular complexity index is 1790. The van der Waals surface area contributed by atoms with E-state index in [0.717, 1.165) is 17.4 Å². The summed E-state index contributed by atoms with van der Waals surface area (Å²) in [6.07, 6.45) is 0.707.